The van der Waals surface area contributed by atoms with E-state index in [2.05, 4.69) is 25.9 Å². The number of H-pyrrole nitrogens is 1. The summed E-state index contributed by atoms with van der Waals surface area (Å²) in [5, 5.41) is 15.9. The number of amides is 1. The summed E-state index contributed by atoms with van der Waals surface area (Å²) in [4.78, 5) is 12.1. The second kappa shape index (κ2) is 6.00. The number of carbonyl (C=O) groups is 1. The SMILES string of the molecule is COc1cc(C(=O)NCc2nn[nH]n2)cc(OC)c1C. The second-order valence-corrected chi connectivity index (χ2v) is 4.02. The van der Waals surface area contributed by atoms with Crippen molar-refractivity contribution in [2.24, 2.45) is 0 Å². The summed E-state index contributed by atoms with van der Waals surface area (Å²) in [5.74, 6) is 1.32. The third-order valence-corrected chi connectivity index (χ3v) is 2.81. The maximum atomic E-state index is 12.1. The summed E-state index contributed by atoms with van der Waals surface area (Å²) >= 11 is 0. The van der Waals surface area contributed by atoms with Gasteiger partial charge in [-0.25, -0.2) is 0 Å². The van der Waals surface area contributed by atoms with Crippen LogP contribution in [-0.2, 0) is 6.54 Å². The predicted molar refractivity (Wildman–Crippen MR) is 69.6 cm³/mol. The number of nitrogens with one attached hydrogen (secondary N) is 2. The lowest BCUT2D eigenvalue weighted by molar-refractivity contribution is 0.0949. The molecule has 1 amide bonds. The second-order valence-electron chi connectivity index (χ2n) is 4.02. The lowest BCUT2D eigenvalue weighted by Crippen LogP contribution is -2.23. The van der Waals surface area contributed by atoms with E-state index in [-0.39, 0.29) is 12.5 Å². The summed E-state index contributed by atoms with van der Waals surface area (Å²) < 4.78 is 10.5. The topological polar surface area (TPSA) is 102 Å². The van der Waals surface area contributed by atoms with Crippen LogP contribution < -0.4 is 14.8 Å². The Balaban J connectivity index is 2.16. The van der Waals surface area contributed by atoms with Crippen LogP contribution in [0.5, 0.6) is 11.5 Å². The van der Waals surface area contributed by atoms with Crippen LogP contribution in [0.1, 0.15) is 21.7 Å². The molecule has 0 aliphatic carbocycles. The maximum Gasteiger partial charge on any atom is 0.251 e. The first-order valence-corrected chi connectivity index (χ1v) is 5.89. The van der Waals surface area contributed by atoms with Crippen molar-refractivity contribution in [1.29, 1.82) is 0 Å². The molecule has 0 aliphatic rings. The largest absolute Gasteiger partial charge is 0.496 e. The number of hydrogen-bond donors (Lipinski definition) is 2. The van der Waals surface area contributed by atoms with Gasteiger partial charge in [0.1, 0.15) is 11.5 Å². The van der Waals surface area contributed by atoms with Gasteiger partial charge in [0.15, 0.2) is 5.82 Å². The van der Waals surface area contributed by atoms with Crippen molar-refractivity contribution in [1.82, 2.24) is 25.9 Å². The maximum absolute atomic E-state index is 12.1. The number of nitrogens with zero attached hydrogens (tertiary/aromatic N) is 3. The molecular weight excluding hydrogens is 262 g/mol. The van der Waals surface area contributed by atoms with E-state index < -0.39 is 0 Å². The third kappa shape index (κ3) is 2.85. The average Bonchev–Trinajstić information content (AvgIpc) is 2.98. The van der Waals surface area contributed by atoms with Crippen LogP contribution in [0.2, 0.25) is 0 Å². The monoisotopic (exact) mass is 277 g/mol. The standard InChI is InChI=1S/C12H15N5O3/c1-7-9(19-2)4-8(5-10(7)20-3)12(18)13-6-11-14-16-17-15-11/h4-5H,6H2,1-3H3,(H,13,18)(H,14,15,16,17). The lowest BCUT2D eigenvalue weighted by atomic mass is 10.1. The molecular formula is C12H15N5O3. The van der Waals surface area contributed by atoms with E-state index in [4.69, 9.17) is 9.47 Å². The van der Waals surface area contributed by atoms with E-state index in [9.17, 15) is 4.79 Å². The number of benzene rings is 1. The van der Waals surface area contributed by atoms with Crippen molar-refractivity contribution < 1.29 is 14.3 Å². The molecule has 0 spiro atoms. The molecule has 1 aromatic carbocycles. The predicted octanol–water partition coefficient (Wildman–Crippen LogP) is 0.455. The van der Waals surface area contributed by atoms with Gasteiger partial charge in [-0.1, -0.05) is 5.21 Å². The van der Waals surface area contributed by atoms with Crippen LogP contribution in [0.15, 0.2) is 12.1 Å². The first kappa shape index (κ1) is 13.8. The molecule has 1 heterocycles. The van der Waals surface area contributed by atoms with Crippen LogP contribution in [0, 0.1) is 6.92 Å². The Bertz CT molecular complexity index is 572. The molecule has 0 saturated carbocycles. The quantitative estimate of drug-likeness (QED) is 0.823. The number of ether oxygens (including phenoxy) is 2. The molecule has 1 aromatic heterocycles. The third-order valence-electron chi connectivity index (χ3n) is 2.81. The first-order chi connectivity index (χ1) is 9.65. The van der Waals surface area contributed by atoms with Gasteiger partial charge in [-0.2, -0.15) is 5.21 Å². The van der Waals surface area contributed by atoms with Gasteiger partial charge in [0.25, 0.3) is 5.91 Å². The lowest BCUT2D eigenvalue weighted by Gasteiger charge is -2.12. The number of rotatable bonds is 5. The summed E-state index contributed by atoms with van der Waals surface area (Å²) in [5.41, 5.74) is 1.28. The van der Waals surface area contributed by atoms with Gasteiger partial charge in [0, 0.05) is 11.1 Å². The minimum absolute atomic E-state index is 0.188. The smallest absolute Gasteiger partial charge is 0.251 e. The molecule has 8 nitrogen and oxygen atoms in total. The van der Waals surface area contributed by atoms with Gasteiger partial charge in [0.2, 0.25) is 0 Å². The van der Waals surface area contributed by atoms with Crippen LogP contribution in [0.25, 0.3) is 0 Å². The number of hydrogen-bond acceptors (Lipinski definition) is 6. The molecule has 0 radical (unpaired) electrons. The van der Waals surface area contributed by atoms with Crippen LogP contribution in [-0.4, -0.2) is 40.8 Å². The summed E-state index contributed by atoms with van der Waals surface area (Å²) in [7, 11) is 3.09. The van der Waals surface area contributed by atoms with Gasteiger partial charge >= 0.3 is 0 Å². The van der Waals surface area contributed by atoms with Crippen LogP contribution in [0.4, 0.5) is 0 Å². The van der Waals surface area contributed by atoms with Gasteiger partial charge < -0.3 is 14.8 Å². The van der Waals surface area contributed by atoms with Crippen LogP contribution >= 0.6 is 0 Å². The van der Waals surface area contributed by atoms with Crippen molar-refractivity contribution in [3.63, 3.8) is 0 Å². The molecule has 20 heavy (non-hydrogen) atoms. The van der Waals surface area contributed by atoms with Crippen molar-refractivity contribution in [3.8, 4) is 11.5 Å². The molecule has 2 N–H and O–H groups in total. The molecule has 0 atom stereocenters. The molecule has 106 valence electrons. The van der Waals surface area contributed by atoms with Crippen molar-refractivity contribution in [2.45, 2.75) is 13.5 Å². The van der Waals surface area contributed by atoms with Gasteiger partial charge in [0.05, 0.1) is 20.8 Å². The molecule has 2 rings (SSSR count). The highest BCUT2D eigenvalue weighted by molar-refractivity contribution is 5.95. The molecule has 0 aliphatic heterocycles. The van der Waals surface area contributed by atoms with Crippen molar-refractivity contribution in [2.75, 3.05) is 14.2 Å². The molecule has 8 heteroatoms. The van der Waals surface area contributed by atoms with Crippen molar-refractivity contribution in [3.05, 3.63) is 29.1 Å². The van der Waals surface area contributed by atoms with E-state index in [1.165, 1.54) is 0 Å². The number of aromatic nitrogens is 4. The van der Waals surface area contributed by atoms with Crippen molar-refractivity contribution >= 4 is 5.91 Å². The van der Waals surface area contributed by atoms with Crippen LogP contribution in [0.3, 0.4) is 0 Å². The molecule has 0 unspecified atom stereocenters. The Kier molecular flexibility index (Phi) is 4.14. The zero-order valence-electron chi connectivity index (χ0n) is 11.4. The van der Waals surface area contributed by atoms with E-state index in [1.807, 2.05) is 6.92 Å². The fourth-order valence-corrected chi connectivity index (χ4v) is 1.74. The van der Waals surface area contributed by atoms with Gasteiger partial charge in [-0.05, 0) is 19.1 Å². The van der Waals surface area contributed by atoms with E-state index in [0.717, 1.165) is 5.56 Å². The molecule has 0 fully saturated rings. The normalized spacial score (nSPS) is 10.2. The van der Waals surface area contributed by atoms with E-state index in [1.54, 1.807) is 26.4 Å². The zero-order valence-corrected chi connectivity index (χ0v) is 11.4. The molecule has 2 aromatic rings. The highest BCUT2D eigenvalue weighted by Crippen LogP contribution is 2.29. The van der Waals surface area contributed by atoms with E-state index in [0.29, 0.717) is 22.9 Å². The Morgan fingerprint density at radius 2 is 1.95 bits per heavy atom. The van der Waals surface area contributed by atoms with Gasteiger partial charge in [-0.15, -0.1) is 10.2 Å². The number of methoxy groups -OCH3 is 2. The Hall–Kier alpha value is -2.64. The molecule has 0 saturated heterocycles. The minimum atomic E-state index is -0.272. The Morgan fingerprint density at radius 3 is 2.45 bits per heavy atom. The Labute approximate surface area is 115 Å². The van der Waals surface area contributed by atoms with Gasteiger partial charge in [-0.3, -0.25) is 4.79 Å². The number of aromatic amines is 1. The average molecular weight is 277 g/mol. The minimum Gasteiger partial charge on any atom is -0.496 e. The molecule has 0 bridgehead atoms. The fourth-order valence-electron chi connectivity index (χ4n) is 1.74. The number of carbonyl (C=O) groups excluding carboxylic acids is 1. The highest BCUT2D eigenvalue weighted by Gasteiger charge is 2.13. The highest BCUT2D eigenvalue weighted by atomic mass is 16.5. The first-order valence-electron chi connectivity index (χ1n) is 5.89. The van der Waals surface area contributed by atoms with E-state index >= 15 is 0 Å². The zero-order chi connectivity index (χ0) is 14.5. The number of tetrazole rings is 1. The summed E-state index contributed by atoms with van der Waals surface area (Å²) in [6, 6.07) is 3.31. The Morgan fingerprint density at radius 1 is 1.30 bits per heavy atom. The fraction of sp³-hybridized carbons (Fsp3) is 0.333. The summed E-state index contributed by atoms with van der Waals surface area (Å²) in [6.07, 6.45) is 0. The summed E-state index contributed by atoms with van der Waals surface area (Å²) in [6.45, 7) is 2.05.